The summed E-state index contributed by atoms with van der Waals surface area (Å²) in [4.78, 5) is 16.9. The molecular formula is C21H16ClFN4O3. The fourth-order valence-electron chi connectivity index (χ4n) is 2.85. The molecule has 0 aliphatic heterocycles. The minimum atomic E-state index is -0.674. The molecule has 1 aromatic carbocycles. The minimum absolute atomic E-state index is 0.166. The molecule has 1 N–H and O–H groups in total. The number of hydrogen-bond donors (Lipinski definition) is 1. The minimum Gasteiger partial charge on any atom is -0.490 e. The fourth-order valence-corrected chi connectivity index (χ4v) is 3.02. The van der Waals surface area contributed by atoms with Crippen LogP contribution in [0.4, 0.5) is 10.2 Å². The van der Waals surface area contributed by atoms with Gasteiger partial charge in [0.15, 0.2) is 0 Å². The molecule has 3 aromatic rings. The summed E-state index contributed by atoms with van der Waals surface area (Å²) in [6, 6.07) is 7.84. The number of pyridine rings is 1. The Kier molecular flexibility index (Phi) is 5.85. The van der Waals surface area contributed by atoms with Crippen molar-refractivity contribution < 1.29 is 18.3 Å². The molecule has 2 aromatic heterocycles. The van der Waals surface area contributed by atoms with Crippen LogP contribution in [-0.2, 0) is 0 Å². The number of allylic oxidation sites excluding steroid dienone is 4. The molecule has 0 bridgehead atoms. The second-order valence-electron chi connectivity index (χ2n) is 6.30. The van der Waals surface area contributed by atoms with E-state index >= 15 is 0 Å². The number of carbonyl (C=O) groups excluding carboxylic acids is 1. The summed E-state index contributed by atoms with van der Waals surface area (Å²) < 4.78 is 23.5. The van der Waals surface area contributed by atoms with Crippen LogP contribution in [0.5, 0.6) is 5.75 Å². The predicted molar refractivity (Wildman–Crippen MR) is 110 cm³/mol. The van der Waals surface area contributed by atoms with E-state index < -0.39 is 12.6 Å². The van der Waals surface area contributed by atoms with Gasteiger partial charge in [-0.05, 0) is 36.8 Å². The summed E-state index contributed by atoms with van der Waals surface area (Å²) in [6.45, 7) is -0.840. The van der Waals surface area contributed by atoms with E-state index in [1.54, 1.807) is 18.2 Å². The van der Waals surface area contributed by atoms with Gasteiger partial charge in [0.25, 0.3) is 5.91 Å². The number of carbonyl (C=O) groups is 1. The highest BCUT2D eigenvalue weighted by atomic mass is 35.5. The van der Waals surface area contributed by atoms with Crippen molar-refractivity contribution >= 4 is 28.9 Å². The van der Waals surface area contributed by atoms with Crippen LogP contribution in [0, 0.1) is 0 Å². The molecule has 152 valence electrons. The third-order valence-electron chi connectivity index (χ3n) is 4.24. The Balaban J connectivity index is 1.54. The smallest absolute Gasteiger partial charge is 0.260 e. The largest absolute Gasteiger partial charge is 0.490 e. The molecule has 0 saturated carbocycles. The van der Waals surface area contributed by atoms with Gasteiger partial charge in [0.05, 0.1) is 5.56 Å². The summed E-state index contributed by atoms with van der Waals surface area (Å²) in [5.74, 6) is 0.766. The van der Waals surface area contributed by atoms with Crippen LogP contribution >= 0.6 is 11.6 Å². The first-order valence-corrected chi connectivity index (χ1v) is 9.47. The first kappa shape index (κ1) is 19.8. The van der Waals surface area contributed by atoms with Crippen LogP contribution in [-0.4, -0.2) is 34.4 Å². The Labute approximate surface area is 176 Å². The highest BCUT2D eigenvalue weighted by Crippen LogP contribution is 2.27. The van der Waals surface area contributed by atoms with Crippen molar-refractivity contribution in [2.24, 2.45) is 0 Å². The van der Waals surface area contributed by atoms with Gasteiger partial charge in [0.2, 0.25) is 11.8 Å². The van der Waals surface area contributed by atoms with Gasteiger partial charge < -0.3 is 14.5 Å². The van der Waals surface area contributed by atoms with Crippen LogP contribution in [0.2, 0.25) is 5.02 Å². The van der Waals surface area contributed by atoms with Gasteiger partial charge in [-0.2, -0.15) is 0 Å². The number of nitrogens with one attached hydrogen (secondary N) is 1. The fraction of sp³-hybridized carbons (Fsp3) is 0.143. The van der Waals surface area contributed by atoms with E-state index in [-0.39, 0.29) is 23.7 Å². The topological polar surface area (TPSA) is 90.1 Å². The molecule has 1 aliphatic carbocycles. The zero-order valence-corrected chi connectivity index (χ0v) is 16.4. The molecule has 30 heavy (non-hydrogen) atoms. The second kappa shape index (κ2) is 8.87. The first-order valence-electron chi connectivity index (χ1n) is 9.09. The van der Waals surface area contributed by atoms with Crippen LogP contribution in [0.25, 0.3) is 17.0 Å². The van der Waals surface area contributed by atoms with Gasteiger partial charge in [0, 0.05) is 22.4 Å². The summed E-state index contributed by atoms with van der Waals surface area (Å²) in [7, 11) is 0. The molecule has 0 fully saturated rings. The van der Waals surface area contributed by atoms with Crippen molar-refractivity contribution in [1.82, 2.24) is 15.2 Å². The van der Waals surface area contributed by atoms with Gasteiger partial charge in [-0.25, -0.2) is 9.37 Å². The average molecular weight is 427 g/mol. The van der Waals surface area contributed by atoms with Crippen molar-refractivity contribution in [1.29, 1.82) is 0 Å². The number of aromatic nitrogens is 3. The number of rotatable bonds is 7. The molecule has 4 rings (SSSR count). The van der Waals surface area contributed by atoms with Gasteiger partial charge in [0.1, 0.15) is 24.8 Å². The predicted octanol–water partition coefficient (Wildman–Crippen LogP) is 4.73. The Bertz CT molecular complexity index is 1140. The maximum atomic E-state index is 12.7. The molecule has 1 aliphatic rings. The van der Waals surface area contributed by atoms with E-state index in [4.69, 9.17) is 20.8 Å². The van der Waals surface area contributed by atoms with Crippen molar-refractivity contribution in [3.05, 3.63) is 71.2 Å². The zero-order chi connectivity index (χ0) is 20.9. The molecule has 7 nitrogen and oxygen atoms in total. The van der Waals surface area contributed by atoms with Crippen LogP contribution in [0.1, 0.15) is 22.7 Å². The van der Waals surface area contributed by atoms with Crippen molar-refractivity contribution in [2.45, 2.75) is 6.42 Å². The number of alkyl halides is 1. The lowest BCUT2D eigenvalue weighted by atomic mass is 10.2. The number of amides is 1. The standard InChI is InChI=1S/C21H16ClFN4O3/c22-15-5-6-17(29-10-8-23)16(12-15)19(28)25-18-11-14(7-9-24-18)21-27-26-20(30-21)13-3-1-2-4-13/h1-3,5-7,9,11-12H,4,8,10H2,(H,24,25,28). The Morgan fingerprint density at radius 3 is 2.90 bits per heavy atom. The van der Waals surface area contributed by atoms with Gasteiger partial charge in [-0.3, -0.25) is 4.79 Å². The summed E-state index contributed by atoms with van der Waals surface area (Å²) in [5, 5.41) is 11.2. The number of halogens is 2. The Morgan fingerprint density at radius 1 is 1.23 bits per heavy atom. The SMILES string of the molecule is O=C(Nc1cc(-c2nnc(C3=CC=CC3)o2)ccn1)c1cc(Cl)ccc1OCCF. The number of benzene rings is 1. The van der Waals surface area contributed by atoms with Crippen LogP contribution < -0.4 is 10.1 Å². The van der Waals surface area contributed by atoms with Crippen molar-refractivity contribution in [2.75, 3.05) is 18.6 Å². The molecular weight excluding hydrogens is 411 g/mol. The van der Waals surface area contributed by atoms with E-state index in [2.05, 4.69) is 20.5 Å². The van der Waals surface area contributed by atoms with Crippen LogP contribution in [0.15, 0.2) is 59.2 Å². The lowest BCUT2D eigenvalue weighted by Crippen LogP contribution is -2.15. The molecule has 9 heteroatoms. The molecule has 1 amide bonds. The third kappa shape index (κ3) is 4.38. The number of nitrogens with zero attached hydrogens (tertiary/aromatic N) is 3. The van der Waals surface area contributed by atoms with Gasteiger partial charge in [-0.15, -0.1) is 10.2 Å². The second-order valence-corrected chi connectivity index (χ2v) is 6.73. The number of anilines is 1. The van der Waals surface area contributed by atoms with Crippen molar-refractivity contribution in [3.63, 3.8) is 0 Å². The molecule has 0 radical (unpaired) electrons. The highest BCUT2D eigenvalue weighted by Gasteiger charge is 2.17. The zero-order valence-electron chi connectivity index (χ0n) is 15.6. The summed E-state index contributed by atoms with van der Waals surface area (Å²) in [6.07, 6.45) is 8.11. The van der Waals surface area contributed by atoms with E-state index in [1.165, 1.54) is 18.3 Å². The molecule has 0 spiro atoms. The highest BCUT2D eigenvalue weighted by molar-refractivity contribution is 6.31. The Hall–Kier alpha value is -3.52. The maximum Gasteiger partial charge on any atom is 0.260 e. The van der Waals surface area contributed by atoms with E-state index in [0.717, 1.165) is 12.0 Å². The normalized spacial score (nSPS) is 12.7. The lowest BCUT2D eigenvalue weighted by Gasteiger charge is -2.11. The summed E-state index contributed by atoms with van der Waals surface area (Å²) in [5.41, 5.74) is 1.72. The van der Waals surface area contributed by atoms with E-state index in [9.17, 15) is 9.18 Å². The van der Waals surface area contributed by atoms with Crippen molar-refractivity contribution in [3.8, 4) is 17.2 Å². The maximum absolute atomic E-state index is 12.7. The number of hydrogen-bond acceptors (Lipinski definition) is 6. The quantitative estimate of drug-likeness (QED) is 0.587. The first-order chi connectivity index (χ1) is 14.6. The Morgan fingerprint density at radius 2 is 2.10 bits per heavy atom. The van der Waals surface area contributed by atoms with Gasteiger partial charge in [-0.1, -0.05) is 29.8 Å². The van der Waals surface area contributed by atoms with E-state index in [0.29, 0.717) is 22.4 Å². The van der Waals surface area contributed by atoms with Crippen LogP contribution in [0.3, 0.4) is 0 Å². The van der Waals surface area contributed by atoms with E-state index in [1.807, 2.05) is 18.2 Å². The molecule has 0 saturated heterocycles. The average Bonchev–Trinajstić information content (AvgIpc) is 3.45. The summed E-state index contributed by atoms with van der Waals surface area (Å²) >= 11 is 6.00. The van der Waals surface area contributed by atoms with Gasteiger partial charge >= 0.3 is 0 Å². The monoisotopic (exact) mass is 426 g/mol. The molecule has 0 unspecified atom stereocenters. The molecule has 2 heterocycles. The third-order valence-corrected chi connectivity index (χ3v) is 4.48. The number of ether oxygens (including phenoxy) is 1. The lowest BCUT2D eigenvalue weighted by molar-refractivity contribution is 0.102. The molecule has 0 atom stereocenters.